The van der Waals surface area contributed by atoms with E-state index < -0.39 is 16.7 Å². The fourth-order valence-electron chi connectivity index (χ4n) is 1.76. The normalized spacial score (nSPS) is 10.4. The molecular weight excluding hydrogens is 282 g/mol. The Morgan fingerprint density at radius 3 is 2.90 bits per heavy atom. The number of carbonyl (C=O) groups is 1. The molecule has 1 aromatic heterocycles. The molecule has 0 bridgehead atoms. The van der Waals surface area contributed by atoms with Crippen LogP contribution in [0.15, 0.2) is 23.0 Å². The third kappa shape index (κ3) is 2.65. The molecule has 0 fully saturated rings. The van der Waals surface area contributed by atoms with Crippen molar-refractivity contribution in [1.82, 2.24) is 9.97 Å². The molecule has 1 aromatic carbocycles. The van der Waals surface area contributed by atoms with Crippen molar-refractivity contribution in [1.29, 1.82) is 0 Å². The largest absolute Gasteiger partial charge is 0.448 e. The predicted octanol–water partition coefficient (Wildman–Crippen LogP) is 0.668. The van der Waals surface area contributed by atoms with Gasteiger partial charge in [-0.15, -0.1) is 0 Å². The molecule has 0 aliphatic heterocycles. The Hall–Kier alpha value is -3.01. The third-order valence-corrected chi connectivity index (χ3v) is 2.61. The number of aromatic amines is 1. The van der Waals surface area contributed by atoms with Crippen LogP contribution < -0.4 is 16.5 Å². The summed E-state index contributed by atoms with van der Waals surface area (Å²) in [4.78, 5) is 39.3. The number of nitro benzene ring substituents is 1. The second-order valence-corrected chi connectivity index (χ2v) is 3.89. The van der Waals surface area contributed by atoms with Crippen molar-refractivity contribution in [2.45, 2.75) is 6.92 Å². The summed E-state index contributed by atoms with van der Waals surface area (Å²) in [6, 6.07) is 4.05. The molecule has 0 unspecified atom stereocenters. The first kappa shape index (κ1) is 14.4. The number of hydrogen-bond donors (Lipinski definition) is 2. The summed E-state index contributed by atoms with van der Waals surface area (Å²) in [5.41, 5.74) is -1.27. The summed E-state index contributed by atoms with van der Waals surface area (Å²) >= 11 is 0. The number of aromatic nitrogens is 2. The minimum absolute atomic E-state index is 0.0720. The molecular formula is C11H11N5O5. The molecule has 0 radical (unpaired) electrons. The second kappa shape index (κ2) is 5.54. The second-order valence-electron chi connectivity index (χ2n) is 3.89. The molecule has 2 rings (SSSR count). The number of carbonyl (C=O) groups excluding carboxylic acids is 1. The van der Waals surface area contributed by atoms with Gasteiger partial charge in [0.25, 0.3) is 5.69 Å². The Bertz CT molecular complexity index is 771. The van der Waals surface area contributed by atoms with Crippen LogP contribution in [-0.2, 0) is 4.74 Å². The molecule has 0 atom stereocenters. The summed E-state index contributed by atoms with van der Waals surface area (Å²) < 4.78 is 4.70. The zero-order chi connectivity index (χ0) is 15.6. The van der Waals surface area contributed by atoms with Gasteiger partial charge in [-0.05, 0) is 13.0 Å². The summed E-state index contributed by atoms with van der Waals surface area (Å²) in [6.45, 7) is 1.66. The van der Waals surface area contributed by atoms with E-state index in [1.54, 1.807) is 6.92 Å². The van der Waals surface area contributed by atoms with Crippen LogP contribution in [0.4, 0.5) is 16.3 Å². The molecule has 0 aliphatic carbocycles. The number of hydrazine groups is 1. The lowest BCUT2D eigenvalue weighted by Crippen LogP contribution is -2.39. The van der Waals surface area contributed by atoms with Gasteiger partial charge in [0.15, 0.2) is 5.82 Å². The first-order chi connectivity index (χ1) is 9.95. The van der Waals surface area contributed by atoms with E-state index >= 15 is 0 Å². The van der Waals surface area contributed by atoms with Crippen LogP contribution in [0.1, 0.15) is 6.92 Å². The van der Waals surface area contributed by atoms with Gasteiger partial charge in [0.1, 0.15) is 5.52 Å². The molecule has 3 N–H and O–H groups in total. The monoisotopic (exact) mass is 293 g/mol. The number of amides is 1. The van der Waals surface area contributed by atoms with Crippen LogP contribution >= 0.6 is 0 Å². The van der Waals surface area contributed by atoms with Gasteiger partial charge >= 0.3 is 11.8 Å². The molecule has 1 heterocycles. The minimum atomic E-state index is -0.927. The summed E-state index contributed by atoms with van der Waals surface area (Å²) in [6.07, 6.45) is -0.927. The highest BCUT2D eigenvalue weighted by Gasteiger charge is 2.22. The van der Waals surface area contributed by atoms with E-state index in [0.29, 0.717) is 5.01 Å². The highest BCUT2D eigenvalue weighted by Crippen LogP contribution is 2.27. The van der Waals surface area contributed by atoms with E-state index in [1.165, 1.54) is 18.2 Å². The number of benzene rings is 1. The quantitative estimate of drug-likeness (QED) is 0.366. The molecule has 0 aliphatic rings. The summed E-state index contributed by atoms with van der Waals surface area (Å²) in [5.74, 6) is 5.33. The summed E-state index contributed by atoms with van der Waals surface area (Å²) in [7, 11) is 0. The molecule has 21 heavy (non-hydrogen) atoms. The Morgan fingerprint density at radius 1 is 1.57 bits per heavy atom. The number of nitrogens with one attached hydrogen (secondary N) is 1. The van der Waals surface area contributed by atoms with Crippen LogP contribution in [0.3, 0.4) is 0 Å². The fraction of sp³-hybridized carbons (Fsp3) is 0.182. The van der Waals surface area contributed by atoms with Crippen molar-refractivity contribution >= 4 is 28.5 Å². The topological polar surface area (TPSA) is 144 Å². The van der Waals surface area contributed by atoms with Crippen molar-refractivity contribution in [2.24, 2.45) is 5.84 Å². The lowest BCUT2D eigenvalue weighted by molar-refractivity contribution is -0.383. The maximum Gasteiger partial charge on any atom is 0.430 e. The van der Waals surface area contributed by atoms with E-state index in [0.717, 1.165) is 0 Å². The zero-order valence-electron chi connectivity index (χ0n) is 10.9. The number of nitrogens with two attached hydrogens (primary N) is 1. The average Bonchev–Trinajstić information content (AvgIpc) is 2.45. The van der Waals surface area contributed by atoms with E-state index in [4.69, 9.17) is 10.6 Å². The van der Waals surface area contributed by atoms with Gasteiger partial charge in [0.2, 0.25) is 0 Å². The minimum Gasteiger partial charge on any atom is -0.448 e. The van der Waals surface area contributed by atoms with Crippen molar-refractivity contribution in [3.8, 4) is 0 Å². The van der Waals surface area contributed by atoms with Crippen LogP contribution in [0.2, 0.25) is 0 Å². The molecule has 10 nitrogen and oxygen atoms in total. The Kier molecular flexibility index (Phi) is 3.80. The van der Waals surface area contributed by atoms with Crippen molar-refractivity contribution in [3.05, 3.63) is 38.8 Å². The lowest BCUT2D eigenvalue weighted by atomic mass is 10.2. The SMILES string of the molecule is CCOC(=O)N(N)c1nc(=O)[nH]c2c([N+](=O)[O-])cccc12. The number of H-pyrrole nitrogens is 1. The number of nitrogens with zero attached hydrogens (tertiary/aromatic N) is 3. The van der Waals surface area contributed by atoms with Gasteiger partial charge in [0.05, 0.1) is 11.5 Å². The van der Waals surface area contributed by atoms with Crippen molar-refractivity contribution in [3.63, 3.8) is 0 Å². The third-order valence-electron chi connectivity index (χ3n) is 2.61. The Balaban J connectivity index is 2.70. The molecule has 0 saturated carbocycles. The van der Waals surface area contributed by atoms with Crippen molar-refractivity contribution < 1.29 is 14.5 Å². The van der Waals surface area contributed by atoms with Gasteiger partial charge in [-0.1, -0.05) is 6.07 Å². The van der Waals surface area contributed by atoms with E-state index in [9.17, 15) is 19.7 Å². The molecule has 110 valence electrons. The van der Waals surface area contributed by atoms with Crippen LogP contribution in [-0.4, -0.2) is 27.6 Å². The van der Waals surface area contributed by atoms with Crippen molar-refractivity contribution in [2.75, 3.05) is 11.6 Å². The lowest BCUT2D eigenvalue weighted by Gasteiger charge is -2.15. The van der Waals surface area contributed by atoms with Gasteiger partial charge in [0, 0.05) is 11.5 Å². The standard InChI is InChI=1S/C11H11N5O5/c1-2-21-11(18)15(12)9-6-4-3-5-7(16(19)20)8(6)13-10(17)14-9/h3-5H,2,12H2,1H3,(H,13,14,17). The molecule has 1 amide bonds. The molecule has 2 aromatic rings. The number of rotatable bonds is 3. The van der Waals surface area contributed by atoms with E-state index in [2.05, 4.69) is 9.97 Å². The Morgan fingerprint density at radius 2 is 2.29 bits per heavy atom. The predicted molar refractivity (Wildman–Crippen MR) is 72.7 cm³/mol. The van der Waals surface area contributed by atoms with Gasteiger partial charge in [-0.3, -0.25) is 15.1 Å². The molecule has 0 saturated heterocycles. The number of nitro groups is 1. The molecule has 10 heteroatoms. The van der Waals surface area contributed by atoms with Crippen LogP contribution in [0.5, 0.6) is 0 Å². The number of fused-ring (bicyclic) bond motifs is 1. The average molecular weight is 293 g/mol. The van der Waals surface area contributed by atoms with E-state index in [-0.39, 0.29) is 29.0 Å². The van der Waals surface area contributed by atoms with Gasteiger partial charge in [-0.2, -0.15) is 9.99 Å². The first-order valence-electron chi connectivity index (χ1n) is 5.84. The number of anilines is 1. The highest BCUT2D eigenvalue weighted by atomic mass is 16.6. The fourth-order valence-corrected chi connectivity index (χ4v) is 1.76. The smallest absolute Gasteiger partial charge is 0.430 e. The maximum atomic E-state index is 11.6. The zero-order valence-corrected chi connectivity index (χ0v) is 10.9. The van der Waals surface area contributed by atoms with E-state index in [1.807, 2.05) is 0 Å². The van der Waals surface area contributed by atoms with Gasteiger partial charge < -0.3 is 4.74 Å². The molecule has 0 spiro atoms. The highest BCUT2D eigenvalue weighted by molar-refractivity contribution is 6.00. The number of hydrogen-bond acceptors (Lipinski definition) is 7. The van der Waals surface area contributed by atoms with Crippen LogP contribution in [0.25, 0.3) is 10.9 Å². The van der Waals surface area contributed by atoms with Gasteiger partial charge in [-0.25, -0.2) is 15.4 Å². The Labute approximate surface area is 117 Å². The number of para-hydroxylation sites is 1. The number of ether oxygens (including phenoxy) is 1. The summed E-state index contributed by atoms with van der Waals surface area (Å²) in [5, 5.41) is 11.7. The van der Waals surface area contributed by atoms with Crippen LogP contribution in [0, 0.1) is 10.1 Å². The first-order valence-corrected chi connectivity index (χ1v) is 5.84. The maximum absolute atomic E-state index is 11.6. The number of non-ortho nitro benzene ring substituents is 1.